The molecule has 0 unspecified atom stereocenters. The van der Waals surface area contributed by atoms with Gasteiger partial charge in [0.25, 0.3) is 5.56 Å². The van der Waals surface area contributed by atoms with Crippen LogP contribution in [0.3, 0.4) is 0 Å². The van der Waals surface area contributed by atoms with Gasteiger partial charge in [0.05, 0.1) is 23.4 Å². The van der Waals surface area contributed by atoms with Gasteiger partial charge in [-0.15, -0.1) is 0 Å². The highest BCUT2D eigenvalue weighted by molar-refractivity contribution is 9.10. The number of thiazole rings is 1. The molecule has 2 aromatic heterocycles. The quantitative estimate of drug-likeness (QED) is 0.229. The maximum absolute atomic E-state index is 14.1. The fraction of sp³-hybridized carbons (Fsp3) is 0.152. The van der Waals surface area contributed by atoms with Crippen molar-refractivity contribution in [3.05, 3.63) is 137 Å². The molecule has 3 aromatic carbocycles. The number of allylic oxidation sites excluding steroid dienone is 1. The molecule has 0 saturated heterocycles. The highest BCUT2D eigenvalue weighted by Gasteiger charge is 2.34. The molecule has 1 aliphatic carbocycles. The molecular formula is C33H25BrN2O3S. The second-order valence-corrected chi connectivity index (χ2v) is 11.9. The normalized spacial score (nSPS) is 16.3. The van der Waals surface area contributed by atoms with Gasteiger partial charge in [0, 0.05) is 27.2 Å². The van der Waals surface area contributed by atoms with Gasteiger partial charge in [0.15, 0.2) is 4.80 Å². The molecular weight excluding hydrogens is 584 g/mol. The third-order valence-electron chi connectivity index (χ3n) is 7.60. The molecule has 7 heteroatoms. The van der Waals surface area contributed by atoms with Crippen LogP contribution in [0.5, 0.6) is 5.75 Å². The topological polar surface area (TPSA) is 56.7 Å². The lowest BCUT2D eigenvalue weighted by molar-refractivity contribution is 0.402. The van der Waals surface area contributed by atoms with E-state index in [2.05, 4.69) is 65.3 Å². The molecule has 0 amide bonds. The van der Waals surface area contributed by atoms with E-state index in [1.807, 2.05) is 47.0 Å². The maximum Gasteiger partial charge on any atom is 0.271 e. The first kappa shape index (κ1) is 25.1. The summed E-state index contributed by atoms with van der Waals surface area (Å²) >= 11 is 5.04. The average molecular weight is 610 g/mol. The third-order valence-corrected chi connectivity index (χ3v) is 9.24. The smallest absolute Gasteiger partial charge is 0.271 e. The number of ether oxygens (including phenoxy) is 1. The van der Waals surface area contributed by atoms with Crippen molar-refractivity contribution in [2.24, 2.45) is 4.99 Å². The lowest BCUT2D eigenvalue weighted by atomic mass is 9.83. The fourth-order valence-electron chi connectivity index (χ4n) is 5.72. The summed E-state index contributed by atoms with van der Waals surface area (Å²) < 4.78 is 15.3. The van der Waals surface area contributed by atoms with E-state index >= 15 is 0 Å². The van der Waals surface area contributed by atoms with Crippen LogP contribution in [-0.2, 0) is 6.42 Å². The van der Waals surface area contributed by atoms with E-state index in [0.29, 0.717) is 15.1 Å². The lowest BCUT2D eigenvalue weighted by Gasteiger charge is -2.31. The Balaban J connectivity index is 1.41. The van der Waals surface area contributed by atoms with Crippen LogP contribution in [0.1, 0.15) is 40.5 Å². The molecule has 0 saturated carbocycles. The molecule has 40 heavy (non-hydrogen) atoms. The Morgan fingerprint density at radius 3 is 2.70 bits per heavy atom. The molecule has 0 radical (unpaired) electrons. The zero-order valence-electron chi connectivity index (χ0n) is 22.0. The number of hydrogen-bond donors (Lipinski definition) is 0. The van der Waals surface area contributed by atoms with Crippen molar-refractivity contribution >= 4 is 39.0 Å². The summed E-state index contributed by atoms with van der Waals surface area (Å²) in [7, 11) is 1.68. The van der Waals surface area contributed by atoms with Crippen LogP contribution in [0.15, 0.2) is 103 Å². The van der Waals surface area contributed by atoms with E-state index in [0.717, 1.165) is 56.8 Å². The first-order valence-corrected chi connectivity index (χ1v) is 14.7. The molecule has 198 valence electrons. The SMILES string of the molecule is COc1ccccc1[C@@H]1C2=C(N=c3s/c(=C\c4ccc(-c5ccc(C)cc5Br)o4)c(=O)n31)c1ccccc1CC2. The molecule has 1 aliphatic heterocycles. The number of aromatic nitrogens is 1. The molecule has 0 fully saturated rings. The minimum absolute atomic E-state index is 0.0838. The predicted octanol–water partition coefficient (Wildman–Crippen LogP) is 6.66. The second kappa shape index (κ2) is 9.91. The van der Waals surface area contributed by atoms with Crippen molar-refractivity contribution in [3.63, 3.8) is 0 Å². The second-order valence-electron chi connectivity index (χ2n) is 10.0. The molecule has 2 aliphatic rings. The number of fused-ring (bicyclic) bond motifs is 3. The van der Waals surface area contributed by atoms with E-state index in [1.165, 1.54) is 22.5 Å². The van der Waals surface area contributed by atoms with Crippen LogP contribution in [0, 0.1) is 6.92 Å². The summed E-state index contributed by atoms with van der Waals surface area (Å²) in [5.74, 6) is 2.12. The molecule has 3 heterocycles. The highest BCUT2D eigenvalue weighted by atomic mass is 79.9. The molecule has 0 bridgehead atoms. The summed E-state index contributed by atoms with van der Waals surface area (Å²) in [5, 5.41) is 0. The van der Waals surface area contributed by atoms with Crippen molar-refractivity contribution in [1.29, 1.82) is 0 Å². The minimum atomic E-state index is -0.298. The summed E-state index contributed by atoms with van der Waals surface area (Å²) in [6.45, 7) is 2.05. The summed E-state index contributed by atoms with van der Waals surface area (Å²) in [5.41, 5.74) is 7.55. The largest absolute Gasteiger partial charge is 0.496 e. The van der Waals surface area contributed by atoms with Crippen LogP contribution in [0.4, 0.5) is 0 Å². The number of hydrogen-bond acceptors (Lipinski definition) is 5. The zero-order chi connectivity index (χ0) is 27.4. The van der Waals surface area contributed by atoms with E-state index in [-0.39, 0.29) is 11.6 Å². The van der Waals surface area contributed by atoms with Crippen LogP contribution < -0.4 is 19.6 Å². The van der Waals surface area contributed by atoms with Crippen molar-refractivity contribution in [2.75, 3.05) is 7.11 Å². The van der Waals surface area contributed by atoms with Crippen molar-refractivity contribution in [2.45, 2.75) is 25.8 Å². The van der Waals surface area contributed by atoms with E-state index in [1.54, 1.807) is 7.11 Å². The average Bonchev–Trinajstić information content (AvgIpc) is 3.56. The summed E-state index contributed by atoms with van der Waals surface area (Å²) in [4.78, 5) is 19.8. The number of nitrogens with zero attached hydrogens (tertiary/aromatic N) is 2. The van der Waals surface area contributed by atoms with Crippen LogP contribution in [0.25, 0.3) is 23.1 Å². The minimum Gasteiger partial charge on any atom is -0.496 e. The van der Waals surface area contributed by atoms with Gasteiger partial charge in [-0.05, 0) is 66.8 Å². The number of furan rings is 1. The fourth-order valence-corrected chi connectivity index (χ4v) is 7.39. The number of halogens is 1. The number of benzene rings is 3. The molecule has 7 rings (SSSR count). The Bertz CT molecular complexity index is 2010. The summed E-state index contributed by atoms with van der Waals surface area (Å²) in [6.07, 6.45) is 3.56. The monoisotopic (exact) mass is 608 g/mol. The van der Waals surface area contributed by atoms with Crippen molar-refractivity contribution < 1.29 is 9.15 Å². The standard InChI is InChI=1S/C33H25BrN2O3S/c1-19-11-14-23(26(34)17-19)28-16-13-21(39-28)18-29-32(37)36-31(24-9-5-6-10-27(24)38-2)25-15-12-20-7-3-4-8-22(20)30(25)35-33(36)40-29/h3-11,13-14,16-18,31H,12,15H2,1-2H3/b29-18-/t31-/m1/s1. The Hall–Kier alpha value is -3.94. The molecule has 5 nitrogen and oxygen atoms in total. The van der Waals surface area contributed by atoms with Gasteiger partial charge in [-0.2, -0.15) is 0 Å². The Kier molecular flexibility index (Phi) is 6.21. The third kappa shape index (κ3) is 4.12. The maximum atomic E-state index is 14.1. The molecule has 5 aromatic rings. The van der Waals surface area contributed by atoms with Gasteiger partial charge < -0.3 is 9.15 Å². The van der Waals surface area contributed by atoms with Crippen LogP contribution in [-0.4, -0.2) is 11.7 Å². The first-order valence-electron chi connectivity index (χ1n) is 13.1. The van der Waals surface area contributed by atoms with Crippen LogP contribution >= 0.6 is 27.3 Å². The molecule has 0 N–H and O–H groups in total. The number of methoxy groups -OCH3 is 1. The van der Waals surface area contributed by atoms with Crippen molar-refractivity contribution in [3.8, 4) is 17.1 Å². The molecule has 0 spiro atoms. The number of rotatable bonds is 4. The number of para-hydroxylation sites is 1. The first-order chi connectivity index (χ1) is 19.5. The highest BCUT2D eigenvalue weighted by Crippen LogP contribution is 2.43. The van der Waals surface area contributed by atoms with E-state index < -0.39 is 0 Å². The Morgan fingerprint density at radius 1 is 1.02 bits per heavy atom. The van der Waals surface area contributed by atoms with Gasteiger partial charge in [0.1, 0.15) is 17.3 Å². The Morgan fingerprint density at radius 2 is 1.85 bits per heavy atom. The summed E-state index contributed by atoms with van der Waals surface area (Å²) in [6, 6.07) is 26.1. The number of aryl methyl sites for hydroxylation is 2. The van der Waals surface area contributed by atoms with Gasteiger partial charge in [0.2, 0.25) is 0 Å². The van der Waals surface area contributed by atoms with Gasteiger partial charge in [-0.3, -0.25) is 9.36 Å². The van der Waals surface area contributed by atoms with Gasteiger partial charge in [-0.25, -0.2) is 4.99 Å². The van der Waals surface area contributed by atoms with E-state index in [9.17, 15) is 4.79 Å². The van der Waals surface area contributed by atoms with Crippen LogP contribution in [0.2, 0.25) is 0 Å². The molecule has 1 atom stereocenters. The predicted molar refractivity (Wildman–Crippen MR) is 162 cm³/mol. The zero-order valence-corrected chi connectivity index (χ0v) is 24.4. The lowest BCUT2D eigenvalue weighted by Crippen LogP contribution is -2.38. The Labute approximate surface area is 243 Å². The van der Waals surface area contributed by atoms with Gasteiger partial charge in [-0.1, -0.05) is 75.8 Å². The van der Waals surface area contributed by atoms with E-state index in [4.69, 9.17) is 14.1 Å². The van der Waals surface area contributed by atoms with Crippen molar-refractivity contribution in [1.82, 2.24) is 4.57 Å². The van der Waals surface area contributed by atoms with Gasteiger partial charge >= 0.3 is 0 Å².